The molecule has 1 aromatic heterocycles. The number of benzene rings is 2. The molecule has 0 bridgehead atoms. The van der Waals surface area contributed by atoms with Crippen molar-refractivity contribution >= 4 is 22.4 Å². The fourth-order valence-electron chi connectivity index (χ4n) is 1.94. The second-order valence-corrected chi connectivity index (χ2v) is 4.29. The zero-order valence-electron chi connectivity index (χ0n) is 10.3. The Morgan fingerprint density at radius 1 is 1.00 bits per heavy atom. The van der Waals surface area contributed by atoms with Crippen LogP contribution in [0.5, 0.6) is 0 Å². The van der Waals surface area contributed by atoms with Crippen LogP contribution in [-0.4, -0.2) is 12.3 Å². The lowest BCUT2D eigenvalue weighted by molar-refractivity contribution is 0.0982. The highest BCUT2D eigenvalue weighted by atomic mass is 16.3. The van der Waals surface area contributed by atoms with E-state index in [9.17, 15) is 4.79 Å². The van der Waals surface area contributed by atoms with Gasteiger partial charge in [0.2, 0.25) is 5.78 Å². The van der Waals surface area contributed by atoms with Crippen LogP contribution in [0.1, 0.15) is 10.6 Å². The second kappa shape index (κ2) is 4.98. The summed E-state index contributed by atoms with van der Waals surface area (Å²) in [5.74, 6) is 0.338. The van der Waals surface area contributed by atoms with Gasteiger partial charge in [0.25, 0.3) is 0 Å². The first-order chi connectivity index (χ1) is 9.33. The molecule has 19 heavy (non-hydrogen) atoms. The molecule has 3 rings (SSSR count). The number of Topliss-reactive ketones (excluding diaryl/α,β-unsaturated/α-hetero) is 1. The molecule has 0 spiro atoms. The van der Waals surface area contributed by atoms with Crippen LogP contribution in [0.25, 0.3) is 11.0 Å². The van der Waals surface area contributed by atoms with Crippen molar-refractivity contribution < 1.29 is 9.21 Å². The van der Waals surface area contributed by atoms with Crippen molar-refractivity contribution in [1.82, 2.24) is 0 Å². The predicted molar refractivity (Wildman–Crippen MR) is 75.5 cm³/mol. The maximum absolute atomic E-state index is 12.0. The fourth-order valence-corrected chi connectivity index (χ4v) is 1.94. The molecule has 0 atom stereocenters. The number of furan rings is 1. The first kappa shape index (κ1) is 11.5. The van der Waals surface area contributed by atoms with E-state index in [1.165, 1.54) is 0 Å². The smallest absolute Gasteiger partial charge is 0.216 e. The van der Waals surface area contributed by atoms with Gasteiger partial charge in [0.05, 0.1) is 6.54 Å². The number of fused-ring (bicyclic) bond motifs is 1. The third-order valence-corrected chi connectivity index (χ3v) is 2.93. The number of rotatable bonds is 4. The molecule has 0 aliphatic rings. The lowest BCUT2D eigenvalue weighted by Crippen LogP contribution is -2.13. The number of hydrogen-bond acceptors (Lipinski definition) is 3. The zero-order valence-corrected chi connectivity index (χ0v) is 10.3. The molecule has 0 fully saturated rings. The van der Waals surface area contributed by atoms with Crippen molar-refractivity contribution in [3.05, 3.63) is 66.4 Å². The molecule has 0 unspecified atom stereocenters. The summed E-state index contributed by atoms with van der Waals surface area (Å²) in [4.78, 5) is 12.0. The summed E-state index contributed by atoms with van der Waals surface area (Å²) in [5, 5.41) is 4.03. The molecule has 3 nitrogen and oxygen atoms in total. The first-order valence-corrected chi connectivity index (χ1v) is 6.13. The van der Waals surface area contributed by atoms with Crippen molar-refractivity contribution in [2.75, 3.05) is 11.9 Å². The summed E-state index contributed by atoms with van der Waals surface area (Å²) in [6.45, 7) is 0.226. The van der Waals surface area contributed by atoms with Crippen LogP contribution in [-0.2, 0) is 0 Å². The van der Waals surface area contributed by atoms with E-state index in [1.807, 2.05) is 54.6 Å². The zero-order chi connectivity index (χ0) is 13.1. The SMILES string of the molecule is O=C(CNc1ccccc1)c1cc2ccccc2o1. The van der Waals surface area contributed by atoms with Crippen LogP contribution in [0.2, 0.25) is 0 Å². The monoisotopic (exact) mass is 251 g/mol. The number of hydrogen-bond donors (Lipinski definition) is 1. The van der Waals surface area contributed by atoms with Gasteiger partial charge >= 0.3 is 0 Å². The molecule has 94 valence electrons. The normalized spacial score (nSPS) is 10.5. The van der Waals surface area contributed by atoms with Crippen LogP contribution in [0, 0.1) is 0 Å². The molecule has 0 aliphatic heterocycles. The Balaban J connectivity index is 1.73. The van der Waals surface area contributed by atoms with E-state index >= 15 is 0 Å². The van der Waals surface area contributed by atoms with Crippen LogP contribution in [0.15, 0.2) is 65.1 Å². The fraction of sp³-hybridized carbons (Fsp3) is 0.0625. The summed E-state index contributed by atoms with van der Waals surface area (Å²) < 4.78 is 5.53. The van der Waals surface area contributed by atoms with Crippen LogP contribution in [0.3, 0.4) is 0 Å². The molecule has 0 aliphatic carbocycles. The summed E-state index contributed by atoms with van der Waals surface area (Å²) in [6, 6.07) is 19.0. The Morgan fingerprint density at radius 3 is 2.53 bits per heavy atom. The summed E-state index contributed by atoms with van der Waals surface area (Å²) in [6.07, 6.45) is 0. The van der Waals surface area contributed by atoms with Gasteiger partial charge in [-0.2, -0.15) is 0 Å². The Kier molecular flexibility index (Phi) is 3.02. The summed E-state index contributed by atoms with van der Waals surface area (Å²) >= 11 is 0. The van der Waals surface area contributed by atoms with Gasteiger partial charge in [0.15, 0.2) is 5.76 Å². The Labute approximate surface area is 110 Å². The standard InChI is InChI=1S/C16H13NO2/c18-14(11-17-13-7-2-1-3-8-13)16-10-12-6-4-5-9-15(12)19-16/h1-10,17H,11H2. The van der Waals surface area contributed by atoms with E-state index in [-0.39, 0.29) is 12.3 Å². The minimum atomic E-state index is -0.0555. The highest BCUT2D eigenvalue weighted by Gasteiger charge is 2.11. The number of anilines is 1. The quantitative estimate of drug-likeness (QED) is 0.718. The predicted octanol–water partition coefficient (Wildman–Crippen LogP) is 3.73. The Bertz CT molecular complexity index is 668. The molecule has 2 aromatic carbocycles. The van der Waals surface area contributed by atoms with E-state index in [0.717, 1.165) is 16.7 Å². The lowest BCUT2D eigenvalue weighted by Gasteiger charge is -2.03. The molecule has 3 heteroatoms. The van der Waals surface area contributed by atoms with E-state index in [0.29, 0.717) is 5.76 Å². The summed E-state index contributed by atoms with van der Waals surface area (Å²) in [5.41, 5.74) is 1.66. The van der Waals surface area contributed by atoms with Gasteiger partial charge in [-0.1, -0.05) is 36.4 Å². The van der Waals surface area contributed by atoms with E-state index in [4.69, 9.17) is 4.42 Å². The van der Waals surface area contributed by atoms with E-state index in [2.05, 4.69) is 5.32 Å². The van der Waals surface area contributed by atoms with E-state index in [1.54, 1.807) is 6.07 Å². The molecular weight excluding hydrogens is 238 g/mol. The number of ketones is 1. The molecule has 1 heterocycles. The first-order valence-electron chi connectivity index (χ1n) is 6.13. The minimum absolute atomic E-state index is 0.0555. The maximum atomic E-state index is 12.0. The topological polar surface area (TPSA) is 42.2 Å². The highest BCUT2D eigenvalue weighted by molar-refractivity contribution is 5.99. The number of nitrogens with one attached hydrogen (secondary N) is 1. The van der Waals surface area contributed by atoms with E-state index < -0.39 is 0 Å². The second-order valence-electron chi connectivity index (χ2n) is 4.29. The van der Waals surface area contributed by atoms with Crippen LogP contribution in [0.4, 0.5) is 5.69 Å². The van der Waals surface area contributed by atoms with Crippen molar-refractivity contribution in [3.8, 4) is 0 Å². The molecular formula is C16H13NO2. The molecule has 0 radical (unpaired) electrons. The van der Waals surface area contributed by atoms with Crippen LogP contribution >= 0.6 is 0 Å². The van der Waals surface area contributed by atoms with Gasteiger partial charge < -0.3 is 9.73 Å². The van der Waals surface area contributed by atoms with Gasteiger partial charge in [-0.25, -0.2) is 0 Å². The largest absolute Gasteiger partial charge is 0.453 e. The summed E-state index contributed by atoms with van der Waals surface area (Å²) in [7, 11) is 0. The molecule has 3 aromatic rings. The lowest BCUT2D eigenvalue weighted by atomic mass is 10.2. The van der Waals surface area contributed by atoms with Gasteiger partial charge in [-0.05, 0) is 24.3 Å². The molecule has 0 saturated heterocycles. The third kappa shape index (κ3) is 2.50. The molecule has 0 amide bonds. The van der Waals surface area contributed by atoms with Crippen molar-refractivity contribution in [2.24, 2.45) is 0 Å². The average Bonchev–Trinajstić information content (AvgIpc) is 2.90. The number of carbonyl (C=O) groups is 1. The van der Waals surface area contributed by atoms with Crippen molar-refractivity contribution in [3.63, 3.8) is 0 Å². The average molecular weight is 251 g/mol. The van der Waals surface area contributed by atoms with Crippen molar-refractivity contribution in [1.29, 1.82) is 0 Å². The highest BCUT2D eigenvalue weighted by Crippen LogP contribution is 2.19. The number of para-hydroxylation sites is 2. The van der Waals surface area contributed by atoms with Gasteiger partial charge in [-0.3, -0.25) is 4.79 Å². The molecule has 0 saturated carbocycles. The Morgan fingerprint density at radius 2 is 1.74 bits per heavy atom. The molecule has 1 N–H and O–H groups in total. The van der Waals surface area contributed by atoms with Gasteiger partial charge in [-0.15, -0.1) is 0 Å². The van der Waals surface area contributed by atoms with Gasteiger partial charge in [0, 0.05) is 11.1 Å². The minimum Gasteiger partial charge on any atom is -0.453 e. The van der Waals surface area contributed by atoms with Crippen LogP contribution < -0.4 is 5.32 Å². The number of carbonyl (C=O) groups excluding carboxylic acids is 1. The Hall–Kier alpha value is -2.55. The maximum Gasteiger partial charge on any atom is 0.216 e. The third-order valence-electron chi connectivity index (χ3n) is 2.93. The van der Waals surface area contributed by atoms with Gasteiger partial charge in [0.1, 0.15) is 5.58 Å². The van der Waals surface area contributed by atoms with Crippen molar-refractivity contribution in [2.45, 2.75) is 0 Å².